The average molecular weight is 327 g/mol. The van der Waals surface area contributed by atoms with Gasteiger partial charge >= 0.3 is 0 Å². The highest BCUT2D eigenvalue weighted by atomic mass is 35.6. The van der Waals surface area contributed by atoms with Crippen molar-refractivity contribution in [3.8, 4) is 11.1 Å². The Morgan fingerprint density at radius 1 is 0.900 bits per heavy atom. The summed E-state index contributed by atoms with van der Waals surface area (Å²) in [7, 11) is 0. The molecule has 1 aliphatic carbocycles. The van der Waals surface area contributed by atoms with E-state index >= 15 is 0 Å². The molecule has 20 heavy (non-hydrogen) atoms. The first-order valence-corrected chi connectivity index (χ1v) is 7.12. The standard InChI is InChI=1S/C15H10Cl3NO/c16-15(17,18)14(19)20-13-11-7-3-1-5-9(11)10-6-2-4-8-12(10)13/h1-8,13,19H. The third-order valence-corrected chi connectivity index (χ3v) is 3.78. The Kier molecular flexibility index (Phi) is 3.41. The molecule has 1 aliphatic rings. The minimum atomic E-state index is -1.85. The van der Waals surface area contributed by atoms with Crippen LogP contribution in [0.2, 0.25) is 0 Å². The predicted octanol–water partition coefficient (Wildman–Crippen LogP) is 5.12. The van der Waals surface area contributed by atoms with Crippen molar-refractivity contribution in [2.75, 3.05) is 0 Å². The van der Waals surface area contributed by atoms with Crippen LogP contribution in [0.4, 0.5) is 0 Å². The number of nitrogens with one attached hydrogen (secondary N) is 1. The second kappa shape index (κ2) is 4.96. The molecular formula is C15H10Cl3NO. The van der Waals surface area contributed by atoms with E-state index in [4.69, 9.17) is 44.9 Å². The number of alkyl halides is 3. The van der Waals surface area contributed by atoms with E-state index in [0.29, 0.717) is 0 Å². The number of hydrogen-bond acceptors (Lipinski definition) is 2. The second-order valence-corrected chi connectivity index (χ2v) is 6.78. The van der Waals surface area contributed by atoms with Crippen molar-refractivity contribution in [1.82, 2.24) is 0 Å². The molecule has 0 amide bonds. The van der Waals surface area contributed by atoms with Crippen LogP contribution in [-0.4, -0.2) is 9.69 Å². The highest BCUT2D eigenvalue weighted by Crippen LogP contribution is 2.46. The molecule has 0 radical (unpaired) electrons. The number of rotatable bonds is 1. The van der Waals surface area contributed by atoms with Crippen LogP contribution in [0.1, 0.15) is 17.2 Å². The summed E-state index contributed by atoms with van der Waals surface area (Å²) in [6.45, 7) is 0. The van der Waals surface area contributed by atoms with Gasteiger partial charge in [-0.1, -0.05) is 83.3 Å². The Hall–Kier alpha value is -1.22. The van der Waals surface area contributed by atoms with E-state index in [-0.39, 0.29) is 5.90 Å². The van der Waals surface area contributed by atoms with Gasteiger partial charge in [0.2, 0.25) is 5.90 Å². The topological polar surface area (TPSA) is 33.1 Å². The fraction of sp³-hybridized carbons (Fsp3) is 0.133. The van der Waals surface area contributed by atoms with Gasteiger partial charge in [0.1, 0.15) is 0 Å². The molecular weight excluding hydrogens is 317 g/mol. The van der Waals surface area contributed by atoms with Crippen LogP contribution in [0.15, 0.2) is 48.5 Å². The minimum Gasteiger partial charge on any atom is -0.465 e. The molecule has 0 aliphatic heterocycles. The lowest BCUT2D eigenvalue weighted by Gasteiger charge is -2.20. The molecule has 0 heterocycles. The molecule has 0 saturated carbocycles. The van der Waals surface area contributed by atoms with Gasteiger partial charge in [-0.05, 0) is 11.1 Å². The lowest BCUT2D eigenvalue weighted by molar-refractivity contribution is 0.230. The van der Waals surface area contributed by atoms with Gasteiger partial charge in [-0.2, -0.15) is 0 Å². The van der Waals surface area contributed by atoms with Gasteiger partial charge in [0.25, 0.3) is 3.79 Å². The molecule has 5 heteroatoms. The zero-order chi connectivity index (χ0) is 14.3. The lowest BCUT2D eigenvalue weighted by atomic mass is 10.1. The van der Waals surface area contributed by atoms with Gasteiger partial charge in [-0.3, -0.25) is 5.41 Å². The maximum Gasteiger partial charge on any atom is 0.265 e. The average Bonchev–Trinajstić information content (AvgIpc) is 2.73. The van der Waals surface area contributed by atoms with Gasteiger partial charge in [0, 0.05) is 11.1 Å². The van der Waals surface area contributed by atoms with Gasteiger partial charge in [-0.15, -0.1) is 0 Å². The molecule has 2 aromatic carbocycles. The smallest absolute Gasteiger partial charge is 0.265 e. The molecule has 1 N–H and O–H groups in total. The first-order valence-electron chi connectivity index (χ1n) is 5.99. The second-order valence-electron chi connectivity index (χ2n) is 4.50. The summed E-state index contributed by atoms with van der Waals surface area (Å²) < 4.78 is 3.76. The van der Waals surface area contributed by atoms with Gasteiger partial charge in [0.05, 0.1) is 0 Å². The molecule has 0 unspecified atom stereocenters. The van der Waals surface area contributed by atoms with Crippen LogP contribution in [0.25, 0.3) is 11.1 Å². The van der Waals surface area contributed by atoms with Crippen molar-refractivity contribution in [2.24, 2.45) is 0 Å². The first-order chi connectivity index (χ1) is 9.48. The van der Waals surface area contributed by atoms with Crippen LogP contribution in [0, 0.1) is 5.41 Å². The summed E-state index contributed by atoms with van der Waals surface area (Å²) in [5.74, 6) is -0.376. The molecule has 0 spiro atoms. The van der Waals surface area contributed by atoms with E-state index in [2.05, 4.69) is 0 Å². The van der Waals surface area contributed by atoms with E-state index in [0.717, 1.165) is 22.3 Å². The Morgan fingerprint density at radius 3 is 1.80 bits per heavy atom. The summed E-state index contributed by atoms with van der Waals surface area (Å²) in [6, 6.07) is 15.8. The number of benzene rings is 2. The third-order valence-electron chi connectivity index (χ3n) is 3.27. The molecule has 2 aromatic rings. The molecule has 0 atom stereocenters. The van der Waals surface area contributed by atoms with Crippen molar-refractivity contribution in [1.29, 1.82) is 5.41 Å². The molecule has 3 rings (SSSR count). The molecule has 0 bridgehead atoms. The molecule has 0 aromatic heterocycles. The Morgan fingerprint density at radius 2 is 1.35 bits per heavy atom. The molecule has 0 saturated heterocycles. The highest BCUT2D eigenvalue weighted by molar-refractivity contribution is 6.76. The summed E-state index contributed by atoms with van der Waals surface area (Å²) >= 11 is 17.1. The predicted molar refractivity (Wildman–Crippen MR) is 82.8 cm³/mol. The lowest BCUT2D eigenvalue weighted by Crippen LogP contribution is -2.23. The molecule has 0 fully saturated rings. The molecule has 2 nitrogen and oxygen atoms in total. The van der Waals surface area contributed by atoms with Crippen molar-refractivity contribution >= 4 is 40.7 Å². The fourth-order valence-corrected chi connectivity index (χ4v) is 2.55. The first kappa shape index (κ1) is 13.7. The van der Waals surface area contributed by atoms with Crippen molar-refractivity contribution in [3.63, 3.8) is 0 Å². The monoisotopic (exact) mass is 325 g/mol. The van der Waals surface area contributed by atoms with Gasteiger partial charge in [-0.25, -0.2) is 0 Å². The quantitative estimate of drug-likeness (QED) is 0.440. The van der Waals surface area contributed by atoms with E-state index in [1.165, 1.54) is 0 Å². The van der Waals surface area contributed by atoms with Crippen molar-refractivity contribution in [3.05, 3.63) is 59.7 Å². The fourth-order valence-electron chi connectivity index (χ4n) is 2.42. The zero-order valence-corrected chi connectivity index (χ0v) is 12.5. The van der Waals surface area contributed by atoms with Crippen LogP contribution in [0.5, 0.6) is 0 Å². The number of halogens is 3. The summed E-state index contributed by atoms with van der Waals surface area (Å²) in [4.78, 5) is 0. The number of hydrogen-bond donors (Lipinski definition) is 1. The van der Waals surface area contributed by atoms with E-state index in [9.17, 15) is 0 Å². The number of ether oxygens (including phenoxy) is 1. The number of fused-ring (bicyclic) bond motifs is 3. The zero-order valence-electron chi connectivity index (χ0n) is 10.2. The minimum absolute atomic E-state index is 0.376. The van der Waals surface area contributed by atoms with E-state index in [1.807, 2.05) is 48.5 Å². The SMILES string of the molecule is N=C(OC1c2ccccc2-c2ccccc21)C(Cl)(Cl)Cl. The van der Waals surface area contributed by atoms with Gasteiger partial charge in [0.15, 0.2) is 6.10 Å². The van der Waals surface area contributed by atoms with Crippen LogP contribution in [0.3, 0.4) is 0 Å². The van der Waals surface area contributed by atoms with Gasteiger partial charge < -0.3 is 4.74 Å². The summed E-state index contributed by atoms with van der Waals surface area (Å²) in [5, 5.41) is 7.77. The third kappa shape index (κ3) is 2.28. The highest BCUT2D eigenvalue weighted by Gasteiger charge is 2.35. The van der Waals surface area contributed by atoms with Crippen LogP contribution in [-0.2, 0) is 4.74 Å². The Balaban J connectivity index is 2.06. The van der Waals surface area contributed by atoms with Crippen molar-refractivity contribution < 1.29 is 4.74 Å². The van der Waals surface area contributed by atoms with E-state index < -0.39 is 9.90 Å². The summed E-state index contributed by atoms with van der Waals surface area (Å²) in [5.41, 5.74) is 4.14. The maximum absolute atomic E-state index is 7.77. The van der Waals surface area contributed by atoms with Crippen molar-refractivity contribution in [2.45, 2.75) is 9.90 Å². The summed E-state index contributed by atoms with van der Waals surface area (Å²) in [6.07, 6.45) is -0.412. The largest absolute Gasteiger partial charge is 0.465 e. The van der Waals surface area contributed by atoms with Crippen LogP contribution < -0.4 is 0 Å². The van der Waals surface area contributed by atoms with Crippen LogP contribution >= 0.6 is 34.8 Å². The Labute approximate surface area is 131 Å². The Bertz CT molecular complexity index is 633. The maximum atomic E-state index is 7.77. The van der Waals surface area contributed by atoms with E-state index in [1.54, 1.807) is 0 Å². The molecule has 102 valence electrons. The normalized spacial score (nSPS) is 13.8.